The maximum atomic E-state index is 12.5. The summed E-state index contributed by atoms with van der Waals surface area (Å²) in [6, 6.07) is 17.1. The quantitative estimate of drug-likeness (QED) is 0.804. The zero-order valence-electron chi connectivity index (χ0n) is 16.3. The molecule has 2 heterocycles. The van der Waals surface area contributed by atoms with Crippen LogP contribution in [0, 0.1) is 0 Å². The summed E-state index contributed by atoms with van der Waals surface area (Å²) in [4.78, 5) is 16.6. The second kappa shape index (κ2) is 7.96. The minimum Gasteiger partial charge on any atom is -0.350 e. The van der Waals surface area contributed by atoms with Gasteiger partial charge in [-0.3, -0.25) is 9.69 Å². The second-order valence-electron chi connectivity index (χ2n) is 7.52. The fourth-order valence-corrected chi connectivity index (χ4v) is 5.11. The first-order valence-corrected chi connectivity index (χ1v) is 11.1. The Bertz CT molecular complexity index is 1040. The highest BCUT2D eigenvalue weighted by atomic mass is 32.2. The third-order valence-corrected chi connectivity index (χ3v) is 6.57. The number of amides is 1. The van der Waals surface area contributed by atoms with E-state index in [4.69, 9.17) is 0 Å². The molecule has 0 aromatic heterocycles. The average Bonchev–Trinajstić information content (AvgIpc) is 3.24. The molecule has 1 saturated heterocycles. The fraction of sp³-hybridized carbons (Fsp3) is 0.333. The van der Waals surface area contributed by atoms with Crippen molar-refractivity contribution in [3.63, 3.8) is 0 Å². The molecule has 1 fully saturated rings. The van der Waals surface area contributed by atoms with E-state index in [0.29, 0.717) is 11.4 Å². The molecule has 2 aliphatic rings. The van der Waals surface area contributed by atoms with Gasteiger partial charge in [-0.2, -0.15) is 8.42 Å². The van der Waals surface area contributed by atoms with E-state index in [-0.39, 0.29) is 23.4 Å². The molecule has 1 unspecified atom stereocenters. The summed E-state index contributed by atoms with van der Waals surface area (Å²) >= 11 is 0. The molecule has 0 bridgehead atoms. The second-order valence-corrected chi connectivity index (χ2v) is 9.09. The van der Waals surface area contributed by atoms with E-state index in [1.54, 1.807) is 30.1 Å². The molecule has 2 aromatic carbocycles. The number of carbonyl (C=O) groups is 1. The van der Waals surface area contributed by atoms with Gasteiger partial charge in [0.05, 0.1) is 6.54 Å². The minimum absolute atomic E-state index is 0.0534. The normalized spacial score (nSPS) is 20.2. The molecule has 2 aliphatic heterocycles. The van der Waals surface area contributed by atoms with Crippen LogP contribution in [-0.2, 0) is 21.4 Å². The number of likely N-dealkylation sites (N-methyl/N-ethyl adjacent to an activating group) is 1. The van der Waals surface area contributed by atoms with Gasteiger partial charge in [-0.15, -0.1) is 4.40 Å². The number of rotatable bonds is 5. The Hall–Kier alpha value is -2.71. The molecule has 1 amide bonds. The van der Waals surface area contributed by atoms with Crippen molar-refractivity contribution in [1.82, 2.24) is 15.1 Å². The van der Waals surface area contributed by atoms with E-state index in [1.165, 1.54) is 11.6 Å². The van der Waals surface area contributed by atoms with Crippen molar-refractivity contribution in [2.45, 2.75) is 23.9 Å². The van der Waals surface area contributed by atoms with Gasteiger partial charge in [0.2, 0.25) is 5.91 Å². The van der Waals surface area contributed by atoms with Gasteiger partial charge >= 0.3 is 0 Å². The van der Waals surface area contributed by atoms with Gasteiger partial charge in [0.15, 0.2) is 5.84 Å². The third kappa shape index (κ3) is 4.33. The molecule has 0 radical (unpaired) electrons. The highest BCUT2D eigenvalue weighted by Gasteiger charge is 2.31. The monoisotopic (exact) mass is 412 g/mol. The molecule has 152 valence electrons. The van der Waals surface area contributed by atoms with Crippen LogP contribution in [-0.4, -0.2) is 62.7 Å². The van der Waals surface area contributed by atoms with Gasteiger partial charge in [-0.1, -0.05) is 42.5 Å². The molecule has 2 aromatic rings. The number of amidine groups is 1. The summed E-state index contributed by atoms with van der Waals surface area (Å²) in [5, 5.41) is 3.07. The smallest absolute Gasteiger partial charge is 0.285 e. The Morgan fingerprint density at radius 2 is 1.90 bits per heavy atom. The van der Waals surface area contributed by atoms with Crippen molar-refractivity contribution in [2.24, 2.45) is 4.40 Å². The van der Waals surface area contributed by atoms with Crippen molar-refractivity contribution in [3.8, 4) is 0 Å². The van der Waals surface area contributed by atoms with Gasteiger partial charge in [-0.25, -0.2) is 0 Å². The lowest BCUT2D eigenvalue weighted by Crippen LogP contribution is -2.43. The van der Waals surface area contributed by atoms with Crippen molar-refractivity contribution < 1.29 is 13.2 Å². The molecule has 29 heavy (non-hydrogen) atoms. The standard InChI is InChI=1S/C21H24N4O3S/c1-24(21-18-9-5-6-10-19(18)29(27,28)23-21)15-20(26)22-17-11-12-25(14-17)13-16-7-3-2-4-8-16/h2-10,17H,11-15H2,1H3,(H,22,26). The number of nitrogens with zero attached hydrogens (tertiary/aromatic N) is 3. The Balaban J connectivity index is 1.33. The molecule has 8 heteroatoms. The lowest BCUT2D eigenvalue weighted by Gasteiger charge is -2.21. The first-order valence-electron chi connectivity index (χ1n) is 9.63. The first kappa shape index (κ1) is 19.6. The van der Waals surface area contributed by atoms with Crippen LogP contribution in [0.5, 0.6) is 0 Å². The molecule has 1 atom stereocenters. The predicted molar refractivity (Wildman–Crippen MR) is 111 cm³/mol. The van der Waals surface area contributed by atoms with E-state index in [9.17, 15) is 13.2 Å². The number of hydrogen-bond donors (Lipinski definition) is 1. The molecular weight excluding hydrogens is 388 g/mol. The van der Waals surface area contributed by atoms with Crippen molar-refractivity contribution in [3.05, 3.63) is 65.7 Å². The van der Waals surface area contributed by atoms with E-state index in [2.05, 4.69) is 26.7 Å². The minimum atomic E-state index is -3.69. The van der Waals surface area contributed by atoms with Crippen LogP contribution in [0.25, 0.3) is 0 Å². The summed E-state index contributed by atoms with van der Waals surface area (Å²) in [7, 11) is -2.00. The lowest BCUT2D eigenvalue weighted by atomic mass is 10.2. The summed E-state index contributed by atoms with van der Waals surface area (Å²) < 4.78 is 28.3. The van der Waals surface area contributed by atoms with Crippen LogP contribution >= 0.6 is 0 Å². The molecule has 1 N–H and O–H groups in total. The van der Waals surface area contributed by atoms with E-state index in [1.807, 2.05) is 18.2 Å². The maximum Gasteiger partial charge on any atom is 0.285 e. The van der Waals surface area contributed by atoms with Crippen LogP contribution < -0.4 is 5.32 Å². The topological polar surface area (TPSA) is 82.1 Å². The number of hydrogen-bond acceptors (Lipinski definition) is 5. The molecular formula is C21H24N4O3S. The number of benzene rings is 2. The number of nitrogens with one attached hydrogen (secondary N) is 1. The van der Waals surface area contributed by atoms with Crippen LogP contribution in [0.2, 0.25) is 0 Å². The van der Waals surface area contributed by atoms with Crippen LogP contribution in [0.1, 0.15) is 17.5 Å². The molecule has 0 aliphatic carbocycles. The Labute approximate surface area is 171 Å². The molecule has 0 spiro atoms. The van der Waals surface area contributed by atoms with Gasteiger partial charge in [0, 0.05) is 38.3 Å². The fourth-order valence-electron chi connectivity index (χ4n) is 3.86. The Morgan fingerprint density at radius 3 is 2.69 bits per heavy atom. The lowest BCUT2D eigenvalue weighted by molar-refractivity contribution is -0.121. The number of carbonyl (C=O) groups excluding carboxylic acids is 1. The SMILES string of the molecule is CN(CC(=O)NC1CCN(Cc2ccccc2)C1)C1=NS(=O)(=O)c2ccccc21. The Kier molecular flexibility index (Phi) is 5.38. The van der Waals surface area contributed by atoms with Crippen molar-refractivity contribution >= 4 is 21.8 Å². The summed E-state index contributed by atoms with van der Waals surface area (Å²) in [5.41, 5.74) is 1.80. The average molecular weight is 413 g/mol. The highest BCUT2D eigenvalue weighted by Crippen LogP contribution is 2.26. The number of sulfonamides is 1. The molecule has 4 rings (SSSR count). The summed E-state index contributed by atoms with van der Waals surface area (Å²) in [5.74, 6) is 0.177. The summed E-state index contributed by atoms with van der Waals surface area (Å²) in [6.45, 7) is 2.67. The van der Waals surface area contributed by atoms with Gasteiger partial charge in [-0.05, 0) is 24.1 Å². The van der Waals surface area contributed by atoms with Crippen LogP contribution in [0.4, 0.5) is 0 Å². The zero-order chi connectivity index (χ0) is 20.4. The Morgan fingerprint density at radius 1 is 1.17 bits per heavy atom. The number of likely N-dealkylation sites (tertiary alicyclic amines) is 1. The van der Waals surface area contributed by atoms with Gasteiger partial charge in [0.25, 0.3) is 10.0 Å². The molecule has 7 nitrogen and oxygen atoms in total. The van der Waals surface area contributed by atoms with Crippen LogP contribution in [0.3, 0.4) is 0 Å². The third-order valence-electron chi connectivity index (χ3n) is 5.24. The van der Waals surface area contributed by atoms with Gasteiger partial charge in [0.1, 0.15) is 4.90 Å². The van der Waals surface area contributed by atoms with E-state index < -0.39 is 10.0 Å². The maximum absolute atomic E-state index is 12.5. The predicted octanol–water partition coefficient (Wildman–Crippen LogP) is 1.46. The molecule has 0 saturated carbocycles. The van der Waals surface area contributed by atoms with Gasteiger partial charge < -0.3 is 10.2 Å². The summed E-state index contributed by atoms with van der Waals surface area (Å²) in [6.07, 6.45) is 0.903. The van der Waals surface area contributed by atoms with E-state index >= 15 is 0 Å². The highest BCUT2D eigenvalue weighted by molar-refractivity contribution is 7.90. The number of fused-ring (bicyclic) bond motifs is 1. The van der Waals surface area contributed by atoms with Crippen LogP contribution in [0.15, 0.2) is 63.9 Å². The van der Waals surface area contributed by atoms with E-state index in [0.717, 1.165) is 26.1 Å². The van der Waals surface area contributed by atoms with Crippen molar-refractivity contribution in [2.75, 3.05) is 26.7 Å². The largest absolute Gasteiger partial charge is 0.350 e. The van der Waals surface area contributed by atoms with Crippen molar-refractivity contribution in [1.29, 1.82) is 0 Å². The zero-order valence-corrected chi connectivity index (χ0v) is 17.1. The first-order chi connectivity index (χ1) is 13.9.